The van der Waals surface area contributed by atoms with Gasteiger partial charge in [-0.1, -0.05) is 12.1 Å². The van der Waals surface area contributed by atoms with Crippen LogP contribution in [0, 0.1) is 5.82 Å². The second kappa shape index (κ2) is 8.10. The fourth-order valence-corrected chi connectivity index (χ4v) is 3.10. The number of benzene rings is 2. The van der Waals surface area contributed by atoms with Crippen LogP contribution in [0.3, 0.4) is 0 Å². The molecular formula is C20H21FN2O3. The average Bonchev–Trinajstić information content (AvgIpc) is 2.67. The Balaban J connectivity index is 1.83. The van der Waals surface area contributed by atoms with E-state index in [9.17, 15) is 14.0 Å². The molecule has 1 aliphatic heterocycles. The largest absolute Gasteiger partial charge is 0.383 e. The third-order valence-electron chi connectivity index (χ3n) is 4.40. The Kier molecular flexibility index (Phi) is 5.63. The highest BCUT2D eigenvalue weighted by Gasteiger charge is 2.26. The normalized spacial score (nSPS) is 13.2. The van der Waals surface area contributed by atoms with Gasteiger partial charge in [0, 0.05) is 31.5 Å². The van der Waals surface area contributed by atoms with E-state index in [2.05, 4.69) is 5.32 Å². The van der Waals surface area contributed by atoms with Crippen LogP contribution >= 0.6 is 0 Å². The first kappa shape index (κ1) is 18.1. The Bertz CT molecular complexity index is 822. The highest BCUT2D eigenvalue weighted by Crippen LogP contribution is 2.29. The average molecular weight is 356 g/mol. The van der Waals surface area contributed by atoms with Crippen LogP contribution in [0.1, 0.15) is 32.7 Å². The molecule has 0 bridgehead atoms. The van der Waals surface area contributed by atoms with Crippen molar-refractivity contribution in [2.75, 3.05) is 31.7 Å². The van der Waals surface area contributed by atoms with Crippen molar-refractivity contribution in [2.24, 2.45) is 0 Å². The summed E-state index contributed by atoms with van der Waals surface area (Å²) < 4.78 is 18.9. The smallest absolute Gasteiger partial charge is 0.261 e. The van der Waals surface area contributed by atoms with Crippen molar-refractivity contribution < 1.29 is 18.7 Å². The Morgan fingerprint density at radius 3 is 2.81 bits per heavy atom. The van der Waals surface area contributed by atoms with E-state index in [4.69, 9.17) is 4.74 Å². The summed E-state index contributed by atoms with van der Waals surface area (Å²) in [4.78, 5) is 26.5. The first-order chi connectivity index (χ1) is 12.6. The van der Waals surface area contributed by atoms with Crippen molar-refractivity contribution >= 4 is 17.5 Å². The number of fused-ring (bicyclic) bond motifs is 1. The van der Waals surface area contributed by atoms with Gasteiger partial charge in [-0.15, -0.1) is 0 Å². The summed E-state index contributed by atoms with van der Waals surface area (Å²) in [6.45, 7) is 1.41. The quantitative estimate of drug-likeness (QED) is 0.838. The molecule has 0 unspecified atom stereocenters. The molecule has 3 rings (SSSR count). The van der Waals surface area contributed by atoms with E-state index in [-0.39, 0.29) is 17.4 Å². The fourth-order valence-electron chi connectivity index (χ4n) is 3.10. The van der Waals surface area contributed by atoms with Gasteiger partial charge in [0.25, 0.3) is 11.8 Å². The Morgan fingerprint density at radius 1 is 1.23 bits per heavy atom. The van der Waals surface area contributed by atoms with E-state index >= 15 is 0 Å². The molecule has 5 nitrogen and oxygen atoms in total. The molecule has 1 aliphatic rings. The van der Waals surface area contributed by atoms with Crippen LogP contribution < -0.4 is 10.2 Å². The third kappa shape index (κ3) is 3.75. The van der Waals surface area contributed by atoms with Gasteiger partial charge in [0.1, 0.15) is 5.82 Å². The zero-order valence-electron chi connectivity index (χ0n) is 14.6. The van der Waals surface area contributed by atoms with Gasteiger partial charge in [-0.05, 0) is 48.7 Å². The lowest BCUT2D eigenvalue weighted by atomic mass is 9.98. The molecule has 0 saturated heterocycles. The summed E-state index contributed by atoms with van der Waals surface area (Å²) in [5, 5.41) is 2.78. The van der Waals surface area contributed by atoms with Crippen molar-refractivity contribution in [1.82, 2.24) is 5.32 Å². The molecule has 0 atom stereocenters. The molecule has 2 amide bonds. The third-order valence-corrected chi connectivity index (χ3v) is 4.40. The number of anilines is 1. The van der Waals surface area contributed by atoms with Crippen molar-refractivity contribution in [3.05, 3.63) is 65.0 Å². The van der Waals surface area contributed by atoms with E-state index < -0.39 is 5.82 Å². The lowest BCUT2D eigenvalue weighted by molar-refractivity contribution is 0.0936. The van der Waals surface area contributed by atoms with Crippen LogP contribution in [-0.2, 0) is 11.2 Å². The summed E-state index contributed by atoms with van der Waals surface area (Å²) in [6.07, 6.45) is 1.54. The molecule has 2 aromatic carbocycles. The molecule has 0 aliphatic carbocycles. The first-order valence-corrected chi connectivity index (χ1v) is 8.58. The number of hydrogen-bond donors (Lipinski definition) is 1. The number of ether oxygens (including phenoxy) is 1. The van der Waals surface area contributed by atoms with E-state index in [0.717, 1.165) is 24.1 Å². The van der Waals surface area contributed by atoms with Gasteiger partial charge in [-0.3, -0.25) is 9.59 Å². The monoisotopic (exact) mass is 356 g/mol. The lowest BCUT2D eigenvalue weighted by Gasteiger charge is -2.30. The SMILES string of the molecule is COCCNC(=O)c1ccc2c(c1)CCCN2C(=O)c1ccccc1F. The lowest BCUT2D eigenvalue weighted by Crippen LogP contribution is -2.36. The van der Waals surface area contributed by atoms with Crippen molar-refractivity contribution in [3.8, 4) is 0 Å². The Labute approximate surface area is 151 Å². The number of nitrogens with one attached hydrogen (secondary N) is 1. The van der Waals surface area contributed by atoms with Crippen molar-refractivity contribution in [1.29, 1.82) is 0 Å². The molecule has 0 radical (unpaired) electrons. The molecular weight excluding hydrogens is 335 g/mol. The van der Waals surface area contributed by atoms with Crippen LogP contribution in [-0.4, -0.2) is 38.6 Å². The Hall–Kier alpha value is -2.73. The standard InChI is InChI=1S/C20H21FN2O3/c1-26-12-10-22-19(24)15-8-9-18-14(13-15)5-4-11-23(18)20(25)16-6-2-3-7-17(16)21/h2-3,6-9,13H,4-5,10-12H2,1H3,(H,22,24). The molecule has 136 valence electrons. The maximum Gasteiger partial charge on any atom is 0.261 e. The van der Waals surface area contributed by atoms with E-state index in [1.807, 2.05) is 0 Å². The van der Waals surface area contributed by atoms with Gasteiger partial charge in [-0.2, -0.15) is 0 Å². The molecule has 0 aromatic heterocycles. The van der Waals surface area contributed by atoms with E-state index in [0.29, 0.717) is 25.3 Å². The van der Waals surface area contributed by atoms with Gasteiger partial charge < -0.3 is 15.0 Å². The molecule has 2 aromatic rings. The number of carbonyl (C=O) groups excluding carboxylic acids is 2. The zero-order chi connectivity index (χ0) is 18.5. The van der Waals surface area contributed by atoms with Gasteiger partial charge >= 0.3 is 0 Å². The maximum absolute atomic E-state index is 14.0. The minimum Gasteiger partial charge on any atom is -0.383 e. The first-order valence-electron chi connectivity index (χ1n) is 8.58. The van der Waals surface area contributed by atoms with Gasteiger partial charge in [-0.25, -0.2) is 4.39 Å². The molecule has 26 heavy (non-hydrogen) atoms. The number of amides is 2. The number of methoxy groups -OCH3 is 1. The predicted molar refractivity (Wildman–Crippen MR) is 97.0 cm³/mol. The van der Waals surface area contributed by atoms with Crippen LogP contribution in [0.4, 0.5) is 10.1 Å². The van der Waals surface area contributed by atoms with Crippen LogP contribution in [0.15, 0.2) is 42.5 Å². The minimum atomic E-state index is -0.529. The molecule has 6 heteroatoms. The van der Waals surface area contributed by atoms with E-state index in [1.165, 1.54) is 12.1 Å². The highest BCUT2D eigenvalue weighted by atomic mass is 19.1. The number of halogens is 1. The summed E-state index contributed by atoms with van der Waals surface area (Å²) in [5.41, 5.74) is 2.25. The molecule has 0 saturated carbocycles. The highest BCUT2D eigenvalue weighted by molar-refractivity contribution is 6.07. The van der Waals surface area contributed by atoms with Crippen molar-refractivity contribution in [3.63, 3.8) is 0 Å². The van der Waals surface area contributed by atoms with E-state index in [1.54, 1.807) is 42.3 Å². The second-order valence-corrected chi connectivity index (χ2v) is 6.13. The fraction of sp³-hybridized carbons (Fsp3) is 0.300. The van der Waals surface area contributed by atoms with Crippen LogP contribution in [0.2, 0.25) is 0 Å². The topological polar surface area (TPSA) is 58.6 Å². The minimum absolute atomic E-state index is 0.0572. The summed E-state index contributed by atoms with van der Waals surface area (Å²) >= 11 is 0. The van der Waals surface area contributed by atoms with Crippen molar-refractivity contribution in [2.45, 2.75) is 12.8 Å². The number of nitrogens with zero attached hydrogens (tertiary/aromatic N) is 1. The molecule has 1 N–H and O–H groups in total. The van der Waals surface area contributed by atoms with Gasteiger partial charge in [0.15, 0.2) is 0 Å². The number of hydrogen-bond acceptors (Lipinski definition) is 3. The summed E-state index contributed by atoms with van der Waals surface area (Å²) in [6, 6.07) is 11.2. The van der Waals surface area contributed by atoms with Crippen LogP contribution in [0.5, 0.6) is 0 Å². The number of rotatable bonds is 5. The summed E-state index contributed by atoms with van der Waals surface area (Å²) in [7, 11) is 1.58. The number of aryl methyl sites for hydroxylation is 1. The van der Waals surface area contributed by atoms with Crippen LogP contribution in [0.25, 0.3) is 0 Å². The molecule has 0 spiro atoms. The maximum atomic E-state index is 14.0. The predicted octanol–water partition coefficient (Wildman–Crippen LogP) is 2.79. The molecule has 1 heterocycles. The summed E-state index contributed by atoms with van der Waals surface area (Å²) in [5.74, 6) is -1.07. The van der Waals surface area contributed by atoms with Gasteiger partial charge in [0.05, 0.1) is 12.2 Å². The van der Waals surface area contributed by atoms with Gasteiger partial charge in [0.2, 0.25) is 0 Å². The number of carbonyl (C=O) groups is 2. The second-order valence-electron chi connectivity index (χ2n) is 6.13. The Morgan fingerprint density at radius 2 is 2.04 bits per heavy atom. The molecule has 0 fully saturated rings. The zero-order valence-corrected chi connectivity index (χ0v) is 14.6.